The number of unbranched alkanes of at least 4 members (excludes halogenated alkanes) is 1. The molecule has 3 nitrogen and oxygen atoms in total. The van der Waals surface area contributed by atoms with Gasteiger partial charge in [0.2, 0.25) is 0 Å². The SMILES string of the molecule is c1ccc(COc2cccc(CCCCN3CCNCC3)c2)cc1. The van der Waals surface area contributed by atoms with Gasteiger partial charge in [-0.05, 0) is 49.1 Å². The normalized spacial score (nSPS) is 15.3. The zero-order chi connectivity index (χ0) is 16.5. The van der Waals surface area contributed by atoms with Gasteiger partial charge in [0, 0.05) is 26.2 Å². The molecule has 0 atom stereocenters. The Bertz CT molecular complexity index is 594. The van der Waals surface area contributed by atoms with Gasteiger partial charge in [0.15, 0.2) is 0 Å². The molecule has 1 N–H and O–H groups in total. The molecule has 0 aromatic heterocycles. The van der Waals surface area contributed by atoms with E-state index in [1.807, 2.05) is 24.3 Å². The van der Waals surface area contributed by atoms with E-state index in [0.29, 0.717) is 6.61 Å². The quantitative estimate of drug-likeness (QED) is 0.752. The number of piperazine rings is 1. The van der Waals surface area contributed by atoms with Crippen LogP contribution in [0.1, 0.15) is 24.0 Å². The second kappa shape index (κ2) is 9.45. The Hall–Kier alpha value is -1.84. The van der Waals surface area contributed by atoms with Crippen LogP contribution in [0.2, 0.25) is 0 Å². The van der Waals surface area contributed by atoms with Crippen molar-refractivity contribution in [1.29, 1.82) is 0 Å². The van der Waals surface area contributed by atoms with Gasteiger partial charge in [-0.1, -0.05) is 42.5 Å². The van der Waals surface area contributed by atoms with Crippen molar-refractivity contribution in [2.45, 2.75) is 25.9 Å². The van der Waals surface area contributed by atoms with Crippen LogP contribution in [-0.4, -0.2) is 37.6 Å². The van der Waals surface area contributed by atoms with Crippen molar-refractivity contribution in [3.8, 4) is 5.75 Å². The summed E-state index contributed by atoms with van der Waals surface area (Å²) in [4.78, 5) is 2.57. The molecule has 1 heterocycles. The van der Waals surface area contributed by atoms with Gasteiger partial charge < -0.3 is 15.0 Å². The molecule has 24 heavy (non-hydrogen) atoms. The van der Waals surface area contributed by atoms with Crippen LogP contribution in [0.4, 0.5) is 0 Å². The van der Waals surface area contributed by atoms with E-state index in [1.54, 1.807) is 0 Å². The summed E-state index contributed by atoms with van der Waals surface area (Å²) in [6, 6.07) is 18.9. The summed E-state index contributed by atoms with van der Waals surface area (Å²) in [5, 5.41) is 3.41. The van der Waals surface area contributed by atoms with Crippen molar-refractivity contribution in [1.82, 2.24) is 10.2 Å². The van der Waals surface area contributed by atoms with Gasteiger partial charge in [-0.15, -0.1) is 0 Å². The minimum Gasteiger partial charge on any atom is -0.489 e. The largest absolute Gasteiger partial charge is 0.489 e. The number of nitrogens with zero attached hydrogens (tertiary/aromatic N) is 1. The molecule has 128 valence electrons. The van der Waals surface area contributed by atoms with Gasteiger partial charge in [0.05, 0.1) is 0 Å². The Balaban J connectivity index is 1.39. The van der Waals surface area contributed by atoms with Crippen molar-refractivity contribution in [2.75, 3.05) is 32.7 Å². The lowest BCUT2D eigenvalue weighted by Crippen LogP contribution is -2.43. The number of aryl methyl sites for hydroxylation is 1. The number of nitrogens with one attached hydrogen (secondary N) is 1. The lowest BCUT2D eigenvalue weighted by atomic mass is 10.1. The molecule has 3 rings (SSSR count). The Morgan fingerprint density at radius 3 is 2.50 bits per heavy atom. The van der Waals surface area contributed by atoms with Crippen molar-refractivity contribution < 1.29 is 4.74 Å². The van der Waals surface area contributed by atoms with Crippen LogP contribution in [0.15, 0.2) is 54.6 Å². The summed E-state index contributed by atoms with van der Waals surface area (Å²) in [6.45, 7) is 6.53. The molecule has 0 bridgehead atoms. The van der Waals surface area contributed by atoms with Crippen molar-refractivity contribution in [3.05, 3.63) is 65.7 Å². The first kappa shape index (κ1) is 17.0. The maximum Gasteiger partial charge on any atom is 0.120 e. The van der Waals surface area contributed by atoms with E-state index in [1.165, 1.54) is 43.6 Å². The molecule has 0 saturated carbocycles. The van der Waals surface area contributed by atoms with E-state index < -0.39 is 0 Å². The Morgan fingerprint density at radius 1 is 0.875 bits per heavy atom. The van der Waals surface area contributed by atoms with E-state index in [9.17, 15) is 0 Å². The first-order valence-electron chi connectivity index (χ1n) is 9.09. The molecule has 2 aromatic carbocycles. The predicted octanol–water partition coefficient (Wildman–Crippen LogP) is 3.49. The first-order valence-corrected chi connectivity index (χ1v) is 9.09. The first-order chi connectivity index (χ1) is 11.9. The summed E-state index contributed by atoms with van der Waals surface area (Å²) >= 11 is 0. The highest BCUT2D eigenvalue weighted by Gasteiger charge is 2.08. The molecule has 2 aromatic rings. The summed E-state index contributed by atoms with van der Waals surface area (Å²) in [5.41, 5.74) is 2.58. The van der Waals surface area contributed by atoms with Gasteiger partial charge in [0.1, 0.15) is 12.4 Å². The van der Waals surface area contributed by atoms with Gasteiger partial charge in [-0.2, -0.15) is 0 Å². The average Bonchev–Trinajstić information content (AvgIpc) is 2.66. The molecule has 1 aliphatic heterocycles. The molecular formula is C21H28N2O. The van der Waals surface area contributed by atoms with Crippen LogP contribution < -0.4 is 10.1 Å². The van der Waals surface area contributed by atoms with Crippen LogP contribution in [0.5, 0.6) is 5.75 Å². The monoisotopic (exact) mass is 324 g/mol. The number of hydrogen-bond donors (Lipinski definition) is 1. The highest BCUT2D eigenvalue weighted by atomic mass is 16.5. The third-order valence-electron chi connectivity index (χ3n) is 4.55. The van der Waals surface area contributed by atoms with Crippen LogP contribution >= 0.6 is 0 Å². The zero-order valence-electron chi connectivity index (χ0n) is 14.4. The van der Waals surface area contributed by atoms with Crippen molar-refractivity contribution in [2.24, 2.45) is 0 Å². The third-order valence-corrected chi connectivity index (χ3v) is 4.55. The third kappa shape index (κ3) is 5.66. The van der Waals surface area contributed by atoms with Crippen LogP contribution in [0, 0.1) is 0 Å². The van der Waals surface area contributed by atoms with Crippen LogP contribution in [0.25, 0.3) is 0 Å². The highest BCUT2D eigenvalue weighted by Crippen LogP contribution is 2.17. The molecule has 0 unspecified atom stereocenters. The second-order valence-electron chi connectivity index (χ2n) is 6.47. The average molecular weight is 324 g/mol. The highest BCUT2D eigenvalue weighted by molar-refractivity contribution is 5.29. The molecular weight excluding hydrogens is 296 g/mol. The second-order valence-corrected chi connectivity index (χ2v) is 6.47. The van der Waals surface area contributed by atoms with E-state index >= 15 is 0 Å². The fraction of sp³-hybridized carbons (Fsp3) is 0.429. The summed E-state index contributed by atoms with van der Waals surface area (Å²) in [6.07, 6.45) is 3.65. The van der Waals surface area contributed by atoms with Gasteiger partial charge in [-0.25, -0.2) is 0 Å². The molecule has 1 saturated heterocycles. The number of rotatable bonds is 8. The Labute approximate surface area is 145 Å². The predicted molar refractivity (Wildman–Crippen MR) is 99.5 cm³/mol. The molecule has 1 aliphatic rings. The number of hydrogen-bond acceptors (Lipinski definition) is 3. The standard InChI is InChI=1S/C21H28N2O/c1-2-8-20(9-3-1)18-24-21-11-6-10-19(17-21)7-4-5-14-23-15-12-22-13-16-23/h1-3,6,8-11,17,22H,4-5,7,12-16,18H2. The minimum absolute atomic E-state index is 0.632. The molecule has 0 aliphatic carbocycles. The fourth-order valence-corrected chi connectivity index (χ4v) is 3.13. The van der Waals surface area contributed by atoms with Crippen LogP contribution in [0.3, 0.4) is 0 Å². The Kier molecular flexibility index (Phi) is 6.70. The molecule has 0 amide bonds. The maximum absolute atomic E-state index is 5.92. The molecule has 0 spiro atoms. The zero-order valence-corrected chi connectivity index (χ0v) is 14.4. The van der Waals surface area contributed by atoms with Gasteiger partial charge in [0.25, 0.3) is 0 Å². The van der Waals surface area contributed by atoms with Gasteiger partial charge >= 0.3 is 0 Å². The van der Waals surface area contributed by atoms with Gasteiger partial charge in [-0.3, -0.25) is 0 Å². The van der Waals surface area contributed by atoms with E-state index in [2.05, 4.69) is 40.5 Å². The molecule has 1 fully saturated rings. The summed E-state index contributed by atoms with van der Waals surface area (Å²) in [5.74, 6) is 0.971. The van der Waals surface area contributed by atoms with E-state index in [4.69, 9.17) is 4.74 Å². The lowest BCUT2D eigenvalue weighted by Gasteiger charge is -2.27. The smallest absolute Gasteiger partial charge is 0.120 e. The van der Waals surface area contributed by atoms with E-state index in [0.717, 1.165) is 25.3 Å². The molecule has 3 heteroatoms. The lowest BCUT2D eigenvalue weighted by molar-refractivity contribution is 0.237. The summed E-state index contributed by atoms with van der Waals surface area (Å²) < 4.78 is 5.92. The number of benzene rings is 2. The van der Waals surface area contributed by atoms with Crippen molar-refractivity contribution >= 4 is 0 Å². The fourth-order valence-electron chi connectivity index (χ4n) is 3.13. The topological polar surface area (TPSA) is 24.5 Å². The number of ether oxygens (including phenoxy) is 1. The minimum atomic E-state index is 0.632. The van der Waals surface area contributed by atoms with E-state index in [-0.39, 0.29) is 0 Å². The van der Waals surface area contributed by atoms with Crippen LogP contribution in [-0.2, 0) is 13.0 Å². The Morgan fingerprint density at radius 2 is 1.67 bits per heavy atom. The molecule has 0 radical (unpaired) electrons. The summed E-state index contributed by atoms with van der Waals surface area (Å²) in [7, 11) is 0. The maximum atomic E-state index is 5.92. The van der Waals surface area contributed by atoms with Crippen molar-refractivity contribution in [3.63, 3.8) is 0 Å².